The third-order valence-electron chi connectivity index (χ3n) is 4.17. The van der Waals surface area contributed by atoms with Gasteiger partial charge in [-0.05, 0) is 31.9 Å². The van der Waals surface area contributed by atoms with Gasteiger partial charge < -0.3 is 20.4 Å². The van der Waals surface area contributed by atoms with Crippen molar-refractivity contribution in [3.05, 3.63) is 35.4 Å². The van der Waals surface area contributed by atoms with E-state index in [2.05, 4.69) is 10.6 Å². The maximum absolute atomic E-state index is 12.8. The number of rotatable bonds is 3. The SMILES string of the molecule is CN(C)C(=O)NCC(=O)N1Cc2ccccc2C[C@H]1C(=O)NC(C)(C)C. The summed E-state index contributed by atoms with van der Waals surface area (Å²) in [6, 6.07) is 6.88. The maximum Gasteiger partial charge on any atom is 0.317 e. The lowest BCUT2D eigenvalue weighted by molar-refractivity contribution is -0.141. The standard InChI is InChI=1S/C19H28N4O3/c1-19(2,3)21-17(25)15-10-13-8-6-7-9-14(13)12-23(15)16(24)11-20-18(26)22(4)5/h6-9,15H,10-12H2,1-5H3,(H,20,26)(H,21,25)/t15-/m0/s1. The van der Waals surface area contributed by atoms with Crippen LogP contribution in [0, 0.1) is 0 Å². The number of fused-ring (bicyclic) bond motifs is 1. The molecular formula is C19H28N4O3. The normalized spacial score (nSPS) is 16.5. The van der Waals surface area contributed by atoms with Crippen molar-refractivity contribution in [1.82, 2.24) is 20.4 Å². The molecule has 4 amide bonds. The first-order valence-corrected chi connectivity index (χ1v) is 8.72. The average Bonchev–Trinajstić information content (AvgIpc) is 2.56. The predicted octanol–water partition coefficient (Wildman–Crippen LogP) is 1.13. The lowest BCUT2D eigenvalue weighted by Crippen LogP contribution is -2.57. The van der Waals surface area contributed by atoms with Crippen LogP contribution in [-0.4, -0.2) is 59.9 Å². The summed E-state index contributed by atoms with van der Waals surface area (Å²) in [7, 11) is 3.22. The first-order valence-electron chi connectivity index (χ1n) is 8.72. The van der Waals surface area contributed by atoms with Gasteiger partial charge in [0.2, 0.25) is 11.8 Å². The van der Waals surface area contributed by atoms with E-state index in [1.54, 1.807) is 19.0 Å². The van der Waals surface area contributed by atoms with Crippen molar-refractivity contribution in [3.63, 3.8) is 0 Å². The van der Waals surface area contributed by atoms with Crippen molar-refractivity contribution in [1.29, 1.82) is 0 Å². The van der Waals surface area contributed by atoms with E-state index < -0.39 is 6.04 Å². The molecule has 7 nitrogen and oxygen atoms in total. The Morgan fingerprint density at radius 3 is 2.35 bits per heavy atom. The molecular weight excluding hydrogens is 332 g/mol. The smallest absolute Gasteiger partial charge is 0.317 e. The fourth-order valence-electron chi connectivity index (χ4n) is 2.88. The molecule has 26 heavy (non-hydrogen) atoms. The van der Waals surface area contributed by atoms with E-state index in [1.165, 1.54) is 4.90 Å². The number of carbonyl (C=O) groups excluding carboxylic acids is 3. The first-order chi connectivity index (χ1) is 12.1. The van der Waals surface area contributed by atoms with Gasteiger partial charge in [0, 0.05) is 32.6 Å². The highest BCUT2D eigenvalue weighted by molar-refractivity contribution is 5.90. The Hall–Kier alpha value is -2.57. The highest BCUT2D eigenvalue weighted by Crippen LogP contribution is 2.24. The van der Waals surface area contributed by atoms with Crippen LogP contribution in [0.1, 0.15) is 31.9 Å². The van der Waals surface area contributed by atoms with Crippen LogP contribution in [0.15, 0.2) is 24.3 Å². The van der Waals surface area contributed by atoms with Crippen LogP contribution in [0.25, 0.3) is 0 Å². The topological polar surface area (TPSA) is 81.8 Å². The van der Waals surface area contributed by atoms with Gasteiger partial charge in [0.1, 0.15) is 6.04 Å². The van der Waals surface area contributed by atoms with E-state index in [9.17, 15) is 14.4 Å². The van der Waals surface area contributed by atoms with Crippen molar-refractivity contribution >= 4 is 17.8 Å². The molecule has 0 saturated heterocycles. The second kappa shape index (κ2) is 7.76. The molecule has 0 saturated carbocycles. The molecule has 2 N–H and O–H groups in total. The number of urea groups is 1. The summed E-state index contributed by atoms with van der Waals surface area (Å²) in [5.74, 6) is -0.456. The van der Waals surface area contributed by atoms with Crippen LogP contribution in [-0.2, 0) is 22.6 Å². The number of nitrogens with one attached hydrogen (secondary N) is 2. The second-order valence-electron chi connectivity index (χ2n) is 7.80. The van der Waals surface area contributed by atoms with Crippen LogP contribution in [0.5, 0.6) is 0 Å². The van der Waals surface area contributed by atoms with E-state index in [0.29, 0.717) is 13.0 Å². The summed E-state index contributed by atoms with van der Waals surface area (Å²) < 4.78 is 0. The predicted molar refractivity (Wildman–Crippen MR) is 99.5 cm³/mol. The summed E-state index contributed by atoms with van der Waals surface area (Å²) in [5.41, 5.74) is 1.71. The quantitative estimate of drug-likeness (QED) is 0.848. The van der Waals surface area contributed by atoms with Crippen LogP contribution in [0.4, 0.5) is 4.79 Å². The maximum atomic E-state index is 12.8. The molecule has 0 aliphatic carbocycles. The molecule has 7 heteroatoms. The van der Waals surface area contributed by atoms with Crippen molar-refractivity contribution in [2.24, 2.45) is 0 Å². The Balaban J connectivity index is 2.20. The Morgan fingerprint density at radius 1 is 1.15 bits per heavy atom. The van der Waals surface area contributed by atoms with Gasteiger partial charge in [0.15, 0.2) is 0 Å². The van der Waals surface area contributed by atoms with Crippen molar-refractivity contribution in [3.8, 4) is 0 Å². The van der Waals surface area contributed by atoms with Crippen LogP contribution >= 0.6 is 0 Å². The molecule has 1 aromatic rings. The zero-order valence-corrected chi connectivity index (χ0v) is 16.1. The number of hydrogen-bond donors (Lipinski definition) is 2. The second-order valence-corrected chi connectivity index (χ2v) is 7.80. The highest BCUT2D eigenvalue weighted by Gasteiger charge is 2.35. The van der Waals surface area contributed by atoms with Crippen LogP contribution in [0.2, 0.25) is 0 Å². The largest absolute Gasteiger partial charge is 0.350 e. The lowest BCUT2D eigenvalue weighted by Gasteiger charge is -2.37. The molecule has 1 heterocycles. The summed E-state index contributed by atoms with van der Waals surface area (Å²) in [5, 5.41) is 5.53. The van der Waals surface area contributed by atoms with Crippen molar-refractivity contribution in [2.45, 2.75) is 45.3 Å². The molecule has 0 fully saturated rings. The number of amides is 4. The molecule has 0 aromatic heterocycles. The first kappa shape index (κ1) is 19.8. The zero-order chi connectivity index (χ0) is 19.5. The fourth-order valence-corrected chi connectivity index (χ4v) is 2.88. The van der Waals surface area contributed by atoms with Gasteiger partial charge in [-0.15, -0.1) is 0 Å². The third-order valence-corrected chi connectivity index (χ3v) is 4.17. The molecule has 1 aliphatic heterocycles. The minimum atomic E-state index is -0.590. The van der Waals surface area contributed by atoms with E-state index in [0.717, 1.165) is 11.1 Å². The molecule has 142 valence electrons. The third kappa shape index (κ3) is 4.97. The number of nitrogens with zero attached hydrogens (tertiary/aromatic N) is 2. The number of hydrogen-bond acceptors (Lipinski definition) is 3. The molecule has 1 aliphatic rings. The van der Waals surface area contributed by atoms with Crippen molar-refractivity contribution < 1.29 is 14.4 Å². The van der Waals surface area contributed by atoms with Crippen LogP contribution in [0.3, 0.4) is 0 Å². The van der Waals surface area contributed by atoms with Gasteiger partial charge in [0.25, 0.3) is 0 Å². The zero-order valence-electron chi connectivity index (χ0n) is 16.1. The fraction of sp³-hybridized carbons (Fsp3) is 0.526. The summed E-state index contributed by atoms with van der Waals surface area (Å²) in [6.45, 7) is 5.94. The van der Waals surface area contributed by atoms with Crippen LogP contribution < -0.4 is 10.6 Å². The molecule has 0 radical (unpaired) electrons. The van der Waals surface area contributed by atoms with E-state index in [-0.39, 0.29) is 29.9 Å². The van der Waals surface area contributed by atoms with Gasteiger partial charge >= 0.3 is 6.03 Å². The molecule has 0 bridgehead atoms. The molecule has 2 rings (SSSR count). The molecule has 0 spiro atoms. The Kier molecular flexibility index (Phi) is 5.90. The van der Waals surface area contributed by atoms with Gasteiger partial charge in [-0.3, -0.25) is 9.59 Å². The van der Waals surface area contributed by atoms with E-state index in [1.807, 2.05) is 45.0 Å². The number of carbonyl (C=O) groups is 3. The Morgan fingerprint density at radius 2 is 1.77 bits per heavy atom. The molecule has 1 aromatic carbocycles. The van der Waals surface area contributed by atoms with Gasteiger partial charge in [-0.25, -0.2) is 4.79 Å². The minimum Gasteiger partial charge on any atom is -0.350 e. The lowest BCUT2D eigenvalue weighted by atomic mass is 9.92. The monoisotopic (exact) mass is 360 g/mol. The molecule has 0 unspecified atom stereocenters. The van der Waals surface area contributed by atoms with E-state index >= 15 is 0 Å². The van der Waals surface area contributed by atoms with E-state index in [4.69, 9.17) is 0 Å². The average molecular weight is 360 g/mol. The number of benzene rings is 1. The van der Waals surface area contributed by atoms with Gasteiger partial charge in [0.05, 0.1) is 6.54 Å². The molecule has 1 atom stereocenters. The van der Waals surface area contributed by atoms with Gasteiger partial charge in [-0.2, -0.15) is 0 Å². The summed E-state index contributed by atoms with van der Waals surface area (Å²) in [4.78, 5) is 40.1. The Labute approximate surface area is 154 Å². The van der Waals surface area contributed by atoms with Crippen molar-refractivity contribution in [2.75, 3.05) is 20.6 Å². The summed E-state index contributed by atoms with van der Waals surface area (Å²) >= 11 is 0. The highest BCUT2D eigenvalue weighted by atomic mass is 16.2. The summed E-state index contributed by atoms with van der Waals surface area (Å²) in [6.07, 6.45) is 0.464. The Bertz CT molecular complexity index is 694. The minimum absolute atomic E-state index is 0.140. The van der Waals surface area contributed by atoms with Gasteiger partial charge in [-0.1, -0.05) is 24.3 Å².